The average molecular weight is 937 g/mol. The van der Waals surface area contributed by atoms with E-state index in [2.05, 4.69) is 6.92 Å². The molecule has 20 heteroatoms. The van der Waals surface area contributed by atoms with E-state index in [1.165, 1.54) is 26.8 Å². The molecule has 0 aromatic rings. The molecule has 8 N–H and O–H groups in total. The third kappa shape index (κ3) is 13.9. The summed E-state index contributed by atoms with van der Waals surface area (Å²) >= 11 is 0. The number of rotatable bonds is 9. The van der Waals surface area contributed by atoms with Gasteiger partial charge in [-0.25, -0.2) is 4.79 Å². The van der Waals surface area contributed by atoms with Crippen molar-refractivity contribution in [3.8, 4) is 0 Å². The number of hydrogen-bond acceptors (Lipinski definition) is 20. The molecule has 0 spiro atoms. The first-order valence-electron chi connectivity index (χ1n) is 23.6. The summed E-state index contributed by atoms with van der Waals surface area (Å²) in [6.07, 6.45) is -19.6. The topological polar surface area (TPSA) is 288 Å². The van der Waals surface area contributed by atoms with Crippen LogP contribution in [0, 0.1) is 0 Å². The molecule has 0 unspecified atom stereocenters. The molecule has 5 heterocycles. The van der Waals surface area contributed by atoms with Crippen molar-refractivity contribution in [2.45, 2.75) is 254 Å². The molecule has 20 nitrogen and oxygen atoms in total. The fourth-order valence-corrected chi connectivity index (χ4v) is 8.85. The fraction of sp³-hybridized carbons (Fsp3) is 0.911. The van der Waals surface area contributed by atoms with Gasteiger partial charge in [0, 0.05) is 12.0 Å². The van der Waals surface area contributed by atoms with E-state index < -0.39 is 141 Å². The Hall–Kier alpha value is -1.96. The number of unbranched alkanes of at least 4 members (excludes halogenated alkanes) is 2. The quantitative estimate of drug-likeness (QED) is 0.0905. The van der Waals surface area contributed by atoms with Gasteiger partial charge in [0.25, 0.3) is 0 Å². The molecule has 0 radical (unpaired) electrons. The average Bonchev–Trinajstić information content (AvgIpc) is 3.28. The molecule has 0 aromatic heterocycles. The van der Waals surface area contributed by atoms with Crippen molar-refractivity contribution < 1.29 is 97.8 Å². The molecule has 5 aliphatic heterocycles. The first-order valence-corrected chi connectivity index (χ1v) is 23.6. The van der Waals surface area contributed by atoms with E-state index in [1.807, 2.05) is 0 Å². The Kier molecular flexibility index (Phi) is 21.3. The Morgan fingerprint density at radius 3 is 1.89 bits per heavy atom. The molecule has 376 valence electrons. The summed E-state index contributed by atoms with van der Waals surface area (Å²) < 4.78 is 61.9. The van der Waals surface area contributed by atoms with Crippen molar-refractivity contribution in [3.63, 3.8) is 0 Å². The maximum absolute atomic E-state index is 13.8. The summed E-state index contributed by atoms with van der Waals surface area (Å²) in [7, 11) is 0. The van der Waals surface area contributed by atoms with Crippen LogP contribution in [0.4, 0.5) is 0 Å². The highest BCUT2D eigenvalue weighted by Crippen LogP contribution is 2.37. The molecule has 5 rings (SSSR count). The smallest absolute Gasteiger partial charge is 0.333 e. The molecule has 65 heavy (non-hydrogen) atoms. The molecular weight excluding hydrogens is 860 g/mol. The van der Waals surface area contributed by atoms with Crippen LogP contribution in [0.15, 0.2) is 11.6 Å². The highest BCUT2D eigenvalue weighted by molar-refractivity contribution is 5.87. The third-order valence-electron chi connectivity index (χ3n) is 13.1. The van der Waals surface area contributed by atoms with Crippen LogP contribution in [0.3, 0.4) is 0 Å². The molecule has 0 amide bonds. The first-order chi connectivity index (χ1) is 31.0. The number of carbonyl (C=O) groups is 2. The molecule has 5 fully saturated rings. The van der Waals surface area contributed by atoms with Crippen molar-refractivity contribution in [2.24, 2.45) is 0 Å². The number of hydrogen-bond donors (Lipinski definition) is 8. The van der Waals surface area contributed by atoms with E-state index in [-0.39, 0.29) is 18.1 Å². The van der Waals surface area contributed by atoms with E-state index in [1.54, 1.807) is 13.8 Å². The molecule has 5 saturated heterocycles. The van der Waals surface area contributed by atoms with Crippen molar-refractivity contribution in [3.05, 3.63) is 11.6 Å². The largest absolute Gasteiger partial charge is 0.455 e. The molecule has 2 bridgehead atoms. The molecule has 0 aliphatic carbocycles. The summed E-state index contributed by atoms with van der Waals surface area (Å²) in [5, 5.41) is 87.8. The van der Waals surface area contributed by atoms with Gasteiger partial charge in [0.05, 0.1) is 31.0 Å². The van der Waals surface area contributed by atoms with Gasteiger partial charge < -0.3 is 88.2 Å². The van der Waals surface area contributed by atoms with Crippen molar-refractivity contribution in [2.75, 3.05) is 6.61 Å². The number of esters is 2. The van der Waals surface area contributed by atoms with Crippen molar-refractivity contribution in [1.82, 2.24) is 0 Å². The van der Waals surface area contributed by atoms with Crippen LogP contribution in [0.25, 0.3) is 0 Å². The lowest BCUT2D eigenvalue weighted by Crippen LogP contribution is -2.67. The number of carbonyl (C=O) groups excluding carboxylic acids is 2. The van der Waals surface area contributed by atoms with Crippen LogP contribution >= 0.6 is 0 Å². The van der Waals surface area contributed by atoms with Crippen molar-refractivity contribution in [1.29, 1.82) is 0 Å². The van der Waals surface area contributed by atoms with Gasteiger partial charge in [-0.2, -0.15) is 0 Å². The second-order valence-electron chi connectivity index (χ2n) is 18.2. The summed E-state index contributed by atoms with van der Waals surface area (Å²) in [5.41, 5.74) is 0.136. The van der Waals surface area contributed by atoms with E-state index >= 15 is 0 Å². The van der Waals surface area contributed by atoms with Crippen LogP contribution in [-0.4, -0.2) is 188 Å². The van der Waals surface area contributed by atoms with Gasteiger partial charge >= 0.3 is 11.9 Å². The molecule has 0 aromatic carbocycles. The Balaban J connectivity index is 1.56. The lowest BCUT2D eigenvalue weighted by molar-refractivity contribution is -0.398. The summed E-state index contributed by atoms with van der Waals surface area (Å²) in [6.45, 7) is 8.93. The van der Waals surface area contributed by atoms with Crippen molar-refractivity contribution >= 4 is 11.9 Å². The Bertz CT molecular complexity index is 1490. The van der Waals surface area contributed by atoms with E-state index in [9.17, 15) is 50.4 Å². The standard InChI is InChI=1S/C45H76O20/c1-7-9-15-18-26-19-16-13-11-10-12-14-17-20-28(47)61-39-36(63-42-35(54)32(51)29(48)23(4)56-42)25(6)58-45(40(39)62-41(55)22(3)8-2)65-38-34(53)31(50)27(21-46)60-44(38)64-37-33(52)30(49)24(5)57-43(37)59-26/h8,23-27,29-40,42-46,48-54H,7,9-21H2,1-6H3/b22-8+/t23-,24-,25+,26+,27-,29-,30-,31+,32+,33+,34+,35-,36+,37-,38-,39-,40+,42+,43+,44+,45+/m1/s1. The van der Waals surface area contributed by atoms with Gasteiger partial charge in [0.1, 0.15) is 67.1 Å². The van der Waals surface area contributed by atoms with Gasteiger partial charge in [0.15, 0.2) is 37.4 Å². The molecular formula is C45H76O20. The zero-order chi connectivity index (χ0) is 47.5. The predicted molar refractivity (Wildman–Crippen MR) is 225 cm³/mol. The summed E-state index contributed by atoms with van der Waals surface area (Å²) in [5.74, 6) is -1.58. The van der Waals surface area contributed by atoms with Gasteiger partial charge in [0.2, 0.25) is 0 Å². The Morgan fingerprint density at radius 2 is 1.23 bits per heavy atom. The van der Waals surface area contributed by atoms with E-state index in [0.717, 1.165) is 57.8 Å². The predicted octanol–water partition coefficient (Wildman–Crippen LogP) is 0.900. The number of allylic oxidation sites excluding steroid dienone is 1. The Labute approximate surface area is 381 Å². The minimum Gasteiger partial charge on any atom is -0.455 e. The van der Waals surface area contributed by atoms with E-state index in [0.29, 0.717) is 19.3 Å². The summed E-state index contributed by atoms with van der Waals surface area (Å²) in [6, 6.07) is 0. The van der Waals surface area contributed by atoms with Crippen LogP contribution in [0.1, 0.15) is 125 Å². The molecule has 21 atom stereocenters. The zero-order valence-corrected chi connectivity index (χ0v) is 38.6. The van der Waals surface area contributed by atoms with Gasteiger partial charge in [-0.1, -0.05) is 70.8 Å². The fourth-order valence-electron chi connectivity index (χ4n) is 8.85. The van der Waals surface area contributed by atoms with E-state index in [4.69, 9.17) is 47.4 Å². The second-order valence-corrected chi connectivity index (χ2v) is 18.2. The normalized spacial score (nSPS) is 44.6. The lowest BCUT2D eigenvalue weighted by Gasteiger charge is -2.50. The van der Waals surface area contributed by atoms with Crippen LogP contribution in [0.2, 0.25) is 0 Å². The number of fused-ring (bicyclic) bond motifs is 4. The van der Waals surface area contributed by atoms with Gasteiger partial charge in [-0.05, 0) is 53.9 Å². The van der Waals surface area contributed by atoms with Crippen LogP contribution in [-0.2, 0) is 57.0 Å². The van der Waals surface area contributed by atoms with Gasteiger partial charge in [-0.15, -0.1) is 0 Å². The highest BCUT2D eigenvalue weighted by Gasteiger charge is 2.57. The van der Waals surface area contributed by atoms with Gasteiger partial charge in [-0.3, -0.25) is 4.79 Å². The molecule has 5 aliphatic rings. The second kappa shape index (κ2) is 25.6. The number of aliphatic hydroxyl groups is 8. The maximum atomic E-state index is 13.8. The highest BCUT2D eigenvalue weighted by atomic mass is 16.8. The number of aliphatic hydroxyl groups excluding tert-OH is 8. The lowest BCUT2D eigenvalue weighted by atomic mass is 9.95. The van der Waals surface area contributed by atoms with Crippen LogP contribution in [0.5, 0.6) is 0 Å². The third-order valence-corrected chi connectivity index (χ3v) is 13.1. The monoisotopic (exact) mass is 936 g/mol. The number of ether oxygens (including phenoxy) is 10. The SMILES string of the molecule is C/C=C(\C)C(=O)O[C@@H]1[C@@H]2O[C@H]3[C@H](O[C@H]4[C@H](O[C@@H](CCCCC)CCCCCCCCCC(=O)O[C@@H]1[C@@H](O[C@@H]1O[C@H](C)[C@@H](O)[C@H](O)[C@H]1O)[C@H](C)O2)O[C@H](C)[C@@H](O)[C@@H]4O)O[C@H](CO)[C@H](O)[C@@H]3O. The maximum Gasteiger partial charge on any atom is 0.333 e. The molecule has 0 saturated carbocycles. The first kappa shape index (κ1) is 54.0. The minimum atomic E-state index is -1.91. The zero-order valence-electron chi connectivity index (χ0n) is 38.6. The Morgan fingerprint density at radius 1 is 0.646 bits per heavy atom. The summed E-state index contributed by atoms with van der Waals surface area (Å²) in [4.78, 5) is 27.4. The minimum absolute atomic E-state index is 0.0307. The van der Waals surface area contributed by atoms with Crippen LogP contribution < -0.4 is 0 Å².